The van der Waals surface area contributed by atoms with Gasteiger partial charge >= 0.3 is 5.69 Å². The zero-order valence-corrected chi connectivity index (χ0v) is 19.2. The molecule has 0 saturated carbocycles. The maximum Gasteiger partial charge on any atom is 0.332 e. The van der Waals surface area contributed by atoms with Crippen molar-refractivity contribution in [2.75, 3.05) is 19.8 Å². The molecule has 32 heavy (non-hydrogen) atoms. The molecular weight excluding hydrogens is 410 g/mol. The third-order valence-electron chi connectivity index (χ3n) is 6.16. The Labute approximate surface area is 185 Å². The van der Waals surface area contributed by atoms with Crippen molar-refractivity contribution in [3.63, 3.8) is 0 Å². The van der Waals surface area contributed by atoms with E-state index < -0.39 is 5.69 Å². The summed E-state index contributed by atoms with van der Waals surface area (Å²) in [6, 6.07) is 6.03. The van der Waals surface area contributed by atoms with Gasteiger partial charge in [0.15, 0.2) is 11.2 Å². The van der Waals surface area contributed by atoms with Crippen molar-refractivity contribution in [1.82, 2.24) is 23.1 Å². The number of imidazole rings is 2. The van der Waals surface area contributed by atoms with Gasteiger partial charge < -0.3 is 14.4 Å². The molecule has 4 aromatic rings. The molecule has 0 bridgehead atoms. The Bertz CT molecular complexity index is 1440. The van der Waals surface area contributed by atoms with Crippen LogP contribution in [0, 0.1) is 27.7 Å². The van der Waals surface area contributed by atoms with Gasteiger partial charge in [-0.1, -0.05) is 23.8 Å². The number of ether oxygens (including phenoxy) is 1. The summed E-state index contributed by atoms with van der Waals surface area (Å²) in [5.74, 6) is 0.596. The first-order chi connectivity index (χ1) is 15.3. The summed E-state index contributed by atoms with van der Waals surface area (Å²) in [4.78, 5) is 31.4. The second-order valence-electron chi connectivity index (χ2n) is 8.24. The van der Waals surface area contributed by atoms with Gasteiger partial charge in [0.2, 0.25) is 5.78 Å². The van der Waals surface area contributed by atoms with Crippen molar-refractivity contribution in [3.8, 4) is 0 Å². The van der Waals surface area contributed by atoms with Crippen molar-refractivity contribution in [2.45, 2.75) is 40.8 Å². The van der Waals surface area contributed by atoms with Crippen molar-refractivity contribution < 1.29 is 9.84 Å². The molecule has 0 radical (unpaired) electrons. The van der Waals surface area contributed by atoms with E-state index in [1.165, 1.54) is 9.13 Å². The number of benzene rings is 1. The average molecular weight is 440 g/mol. The molecule has 0 aliphatic rings. The van der Waals surface area contributed by atoms with Gasteiger partial charge in [-0.2, -0.15) is 4.98 Å². The van der Waals surface area contributed by atoms with E-state index in [2.05, 4.69) is 4.98 Å². The molecule has 0 amide bonds. The minimum Gasteiger partial charge on any atom is -0.394 e. The first-order valence-corrected chi connectivity index (χ1v) is 10.7. The fourth-order valence-electron chi connectivity index (χ4n) is 4.19. The summed E-state index contributed by atoms with van der Waals surface area (Å²) in [6.07, 6.45) is 0. The first kappa shape index (κ1) is 22.0. The highest BCUT2D eigenvalue weighted by Crippen LogP contribution is 2.21. The van der Waals surface area contributed by atoms with Crippen LogP contribution in [0.4, 0.5) is 0 Å². The van der Waals surface area contributed by atoms with Gasteiger partial charge in [-0.25, -0.2) is 4.79 Å². The van der Waals surface area contributed by atoms with Crippen LogP contribution < -0.4 is 11.2 Å². The van der Waals surface area contributed by atoms with E-state index in [1.807, 2.05) is 54.9 Å². The fraction of sp³-hybridized carbons (Fsp3) is 0.435. The number of nitrogens with zero attached hydrogens (tertiary/aromatic N) is 5. The molecule has 1 aromatic carbocycles. The van der Waals surface area contributed by atoms with Gasteiger partial charge in [0.05, 0.1) is 26.4 Å². The number of rotatable bonds is 7. The molecule has 9 nitrogen and oxygen atoms in total. The number of aliphatic hydroxyl groups excluding tert-OH is 1. The van der Waals surface area contributed by atoms with Crippen molar-refractivity contribution >= 4 is 16.9 Å². The van der Waals surface area contributed by atoms with Crippen LogP contribution in [0.25, 0.3) is 16.9 Å². The van der Waals surface area contributed by atoms with Gasteiger partial charge in [-0.15, -0.1) is 0 Å². The minimum atomic E-state index is -0.392. The van der Waals surface area contributed by atoms with Crippen LogP contribution in [0.15, 0.2) is 27.8 Å². The third-order valence-corrected chi connectivity index (χ3v) is 6.16. The normalized spacial score (nSPS) is 11.8. The van der Waals surface area contributed by atoms with Crippen LogP contribution in [0.5, 0.6) is 0 Å². The van der Waals surface area contributed by atoms with Crippen LogP contribution in [0.1, 0.15) is 28.1 Å². The highest BCUT2D eigenvalue weighted by atomic mass is 16.5. The van der Waals surface area contributed by atoms with Gasteiger partial charge in [0.1, 0.15) is 0 Å². The Kier molecular flexibility index (Phi) is 5.79. The summed E-state index contributed by atoms with van der Waals surface area (Å²) in [6.45, 7) is 9.25. The molecule has 0 unspecified atom stereocenters. The van der Waals surface area contributed by atoms with Crippen molar-refractivity contribution in [1.29, 1.82) is 0 Å². The predicted molar refractivity (Wildman–Crippen MR) is 123 cm³/mol. The quantitative estimate of drug-likeness (QED) is 0.440. The lowest BCUT2D eigenvalue weighted by atomic mass is 10.1. The molecule has 0 aliphatic heterocycles. The Morgan fingerprint density at radius 2 is 1.78 bits per heavy atom. The fourth-order valence-corrected chi connectivity index (χ4v) is 4.19. The van der Waals surface area contributed by atoms with Crippen molar-refractivity contribution in [2.24, 2.45) is 7.05 Å². The Balaban J connectivity index is 1.92. The van der Waals surface area contributed by atoms with E-state index in [1.54, 1.807) is 7.05 Å². The number of aryl methyl sites for hydroxylation is 4. The van der Waals surface area contributed by atoms with E-state index in [9.17, 15) is 9.59 Å². The van der Waals surface area contributed by atoms with E-state index in [4.69, 9.17) is 9.84 Å². The number of aliphatic hydroxyl groups is 1. The topological polar surface area (TPSA) is 95.7 Å². The largest absolute Gasteiger partial charge is 0.394 e. The Hall–Kier alpha value is -3.17. The maximum absolute atomic E-state index is 13.6. The zero-order chi connectivity index (χ0) is 23.2. The SMILES string of the molecule is Cc1ccc(C)c(Cn2c(=O)c3c(nc4n(CCOCCO)c(C)c(C)n34)n(C)c2=O)c1. The lowest BCUT2D eigenvalue weighted by molar-refractivity contribution is 0.0872. The monoisotopic (exact) mass is 439 g/mol. The van der Waals surface area contributed by atoms with E-state index >= 15 is 0 Å². The Morgan fingerprint density at radius 1 is 1.03 bits per heavy atom. The summed E-state index contributed by atoms with van der Waals surface area (Å²) in [5, 5.41) is 8.92. The van der Waals surface area contributed by atoms with Gasteiger partial charge in [-0.05, 0) is 38.8 Å². The molecule has 0 fully saturated rings. The lowest BCUT2D eigenvalue weighted by Crippen LogP contribution is -2.39. The van der Waals surface area contributed by atoms with E-state index in [0.717, 1.165) is 28.1 Å². The minimum absolute atomic E-state index is 0.0333. The van der Waals surface area contributed by atoms with Crippen molar-refractivity contribution in [3.05, 3.63) is 67.1 Å². The summed E-state index contributed by atoms with van der Waals surface area (Å²) < 4.78 is 12.0. The second kappa shape index (κ2) is 8.40. The van der Waals surface area contributed by atoms with Gasteiger partial charge in [0.25, 0.3) is 5.56 Å². The molecule has 170 valence electrons. The first-order valence-electron chi connectivity index (χ1n) is 10.7. The van der Waals surface area contributed by atoms with Gasteiger partial charge in [0, 0.05) is 25.0 Å². The van der Waals surface area contributed by atoms with Crippen LogP contribution in [0.2, 0.25) is 0 Å². The molecule has 4 rings (SSSR count). The summed E-state index contributed by atoms with van der Waals surface area (Å²) in [5.41, 5.74) is 4.92. The lowest BCUT2D eigenvalue weighted by Gasteiger charge is -2.11. The highest BCUT2D eigenvalue weighted by molar-refractivity contribution is 5.76. The van der Waals surface area contributed by atoms with Crippen LogP contribution in [-0.4, -0.2) is 48.0 Å². The number of fused-ring (bicyclic) bond motifs is 3. The number of hydrogen-bond donors (Lipinski definition) is 1. The van der Waals surface area contributed by atoms with Crippen LogP contribution in [0.3, 0.4) is 0 Å². The molecule has 0 atom stereocenters. The molecule has 3 heterocycles. The molecule has 0 aliphatic carbocycles. The van der Waals surface area contributed by atoms with Gasteiger partial charge in [-0.3, -0.25) is 18.3 Å². The molecule has 1 N–H and O–H groups in total. The van der Waals surface area contributed by atoms with Crippen LogP contribution in [-0.2, 0) is 24.9 Å². The maximum atomic E-state index is 13.6. The summed E-state index contributed by atoms with van der Waals surface area (Å²) in [7, 11) is 1.65. The second-order valence-corrected chi connectivity index (χ2v) is 8.24. The molecule has 0 spiro atoms. The highest BCUT2D eigenvalue weighted by Gasteiger charge is 2.22. The molecule has 9 heteroatoms. The number of aromatic nitrogens is 5. The molecular formula is C23H29N5O4. The molecule has 3 aromatic heterocycles. The van der Waals surface area contributed by atoms with E-state index in [0.29, 0.717) is 30.1 Å². The average Bonchev–Trinajstić information content (AvgIpc) is 3.26. The Morgan fingerprint density at radius 3 is 2.50 bits per heavy atom. The van der Waals surface area contributed by atoms with Crippen LogP contribution >= 0.6 is 0 Å². The zero-order valence-electron chi connectivity index (χ0n) is 19.2. The molecule has 0 saturated heterocycles. The summed E-state index contributed by atoms with van der Waals surface area (Å²) >= 11 is 0. The number of hydrogen-bond acceptors (Lipinski definition) is 5. The third kappa shape index (κ3) is 3.47. The van der Waals surface area contributed by atoms with E-state index in [-0.39, 0.29) is 25.3 Å². The smallest absolute Gasteiger partial charge is 0.332 e. The standard InChI is InChI=1S/C23H29N5O4/c1-14-6-7-15(2)18(12-14)13-27-21(30)19-20(25(5)23(27)31)24-22-26(8-10-32-11-9-29)16(3)17(4)28(19)22/h6-7,12,29H,8-11,13H2,1-5H3. The predicted octanol–water partition coefficient (Wildman–Crippen LogP) is 1.44.